The molecule has 2 aromatic heterocycles. The predicted molar refractivity (Wildman–Crippen MR) is 112 cm³/mol. The van der Waals surface area contributed by atoms with E-state index in [4.69, 9.17) is 0 Å². The summed E-state index contributed by atoms with van der Waals surface area (Å²) in [6, 6.07) is 9.84. The minimum atomic E-state index is -4.43. The molecular formula is C20H23F3N6S. The Balaban J connectivity index is 1.72. The molecule has 0 aliphatic carbocycles. The quantitative estimate of drug-likeness (QED) is 0.449. The summed E-state index contributed by atoms with van der Waals surface area (Å²) in [6.45, 7) is 7.03. The standard InChI is InChI=1S/C20H23F3N6S/c1-4-24-19(26-11-18-27-17(12-30-18)20(21,22)23)25-10-16-13(2)28-29(14(16)3)15-8-6-5-7-9-15/h5-9,12H,4,10-11H2,1-3H3,(H2,24,25,26). The fraction of sp³-hybridized carbons (Fsp3) is 0.350. The minimum Gasteiger partial charge on any atom is -0.357 e. The lowest BCUT2D eigenvalue weighted by atomic mass is 10.2. The monoisotopic (exact) mass is 436 g/mol. The zero-order valence-corrected chi connectivity index (χ0v) is 17.7. The summed E-state index contributed by atoms with van der Waals surface area (Å²) < 4.78 is 40.0. The number of halogens is 3. The number of alkyl halides is 3. The average molecular weight is 437 g/mol. The van der Waals surface area contributed by atoms with E-state index in [1.165, 1.54) is 0 Å². The molecule has 0 radical (unpaired) electrons. The fourth-order valence-electron chi connectivity index (χ4n) is 2.91. The van der Waals surface area contributed by atoms with Crippen LogP contribution in [0.1, 0.15) is 34.6 Å². The average Bonchev–Trinajstić information content (AvgIpc) is 3.30. The number of thiazole rings is 1. The van der Waals surface area contributed by atoms with Crippen molar-refractivity contribution in [2.45, 2.75) is 40.0 Å². The number of aryl methyl sites for hydroxylation is 1. The molecule has 6 nitrogen and oxygen atoms in total. The molecule has 160 valence electrons. The molecule has 3 aromatic rings. The van der Waals surface area contributed by atoms with Crippen molar-refractivity contribution in [3.05, 3.63) is 63.4 Å². The number of rotatable bonds is 6. The Hall–Kier alpha value is -2.88. The van der Waals surface area contributed by atoms with Crippen molar-refractivity contribution >= 4 is 17.3 Å². The third-order valence-electron chi connectivity index (χ3n) is 4.43. The number of benzene rings is 1. The lowest BCUT2D eigenvalue weighted by molar-refractivity contribution is -0.140. The van der Waals surface area contributed by atoms with Crippen molar-refractivity contribution in [1.82, 2.24) is 25.4 Å². The molecule has 2 N–H and O–H groups in total. The lowest BCUT2D eigenvalue weighted by Gasteiger charge is -2.10. The number of hydrogen-bond acceptors (Lipinski definition) is 4. The summed E-state index contributed by atoms with van der Waals surface area (Å²) in [5, 5.41) is 12.1. The molecule has 10 heteroatoms. The maximum atomic E-state index is 12.7. The SMILES string of the molecule is CCNC(=NCc1c(C)nn(-c2ccccc2)c1C)NCc1nc(C(F)(F)F)cs1. The van der Waals surface area contributed by atoms with Crippen LogP contribution in [0.2, 0.25) is 0 Å². The molecule has 2 heterocycles. The van der Waals surface area contributed by atoms with E-state index < -0.39 is 11.9 Å². The van der Waals surface area contributed by atoms with E-state index in [2.05, 4.69) is 25.7 Å². The Morgan fingerprint density at radius 3 is 2.53 bits per heavy atom. The van der Waals surface area contributed by atoms with Crippen molar-refractivity contribution in [3.63, 3.8) is 0 Å². The van der Waals surface area contributed by atoms with Crippen LogP contribution >= 0.6 is 11.3 Å². The molecule has 0 atom stereocenters. The number of nitrogens with one attached hydrogen (secondary N) is 2. The van der Waals surface area contributed by atoms with E-state index in [0.717, 1.165) is 39.4 Å². The summed E-state index contributed by atoms with van der Waals surface area (Å²) in [6.07, 6.45) is -4.43. The van der Waals surface area contributed by atoms with Crippen molar-refractivity contribution in [2.75, 3.05) is 6.54 Å². The predicted octanol–water partition coefficient (Wildman–Crippen LogP) is 4.22. The van der Waals surface area contributed by atoms with Gasteiger partial charge in [0.1, 0.15) is 5.01 Å². The van der Waals surface area contributed by atoms with Gasteiger partial charge in [-0.1, -0.05) is 18.2 Å². The van der Waals surface area contributed by atoms with Crippen LogP contribution in [-0.4, -0.2) is 27.3 Å². The van der Waals surface area contributed by atoms with Crippen LogP contribution in [-0.2, 0) is 19.3 Å². The summed E-state index contributed by atoms with van der Waals surface area (Å²) in [5.41, 5.74) is 2.98. The molecule has 0 unspecified atom stereocenters. The van der Waals surface area contributed by atoms with Gasteiger partial charge in [0.05, 0.1) is 24.5 Å². The van der Waals surface area contributed by atoms with Gasteiger partial charge in [0.15, 0.2) is 11.7 Å². The Morgan fingerprint density at radius 2 is 1.90 bits per heavy atom. The number of guanidine groups is 1. The molecule has 0 spiro atoms. The number of aromatic nitrogens is 3. The highest BCUT2D eigenvalue weighted by molar-refractivity contribution is 7.09. The Morgan fingerprint density at radius 1 is 1.17 bits per heavy atom. The van der Waals surface area contributed by atoms with Crippen LogP contribution in [0.15, 0.2) is 40.7 Å². The second kappa shape index (κ2) is 9.29. The first-order valence-electron chi connectivity index (χ1n) is 9.44. The maximum Gasteiger partial charge on any atom is 0.434 e. The minimum absolute atomic E-state index is 0.161. The molecule has 0 saturated heterocycles. The van der Waals surface area contributed by atoms with E-state index >= 15 is 0 Å². The van der Waals surface area contributed by atoms with Crippen LogP contribution < -0.4 is 10.6 Å². The smallest absolute Gasteiger partial charge is 0.357 e. The van der Waals surface area contributed by atoms with Gasteiger partial charge >= 0.3 is 6.18 Å². The van der Waals surface area contributed by atoms with Gasteiger partial charge < -0.3 is 10.6 Å². The topological polar surface area (TPSA) is 67.1 Å². The Bertz CT molecular complexity index is 1010. The van der Waals surface area contributed by atoms with Crippen molar-refractivity contribution in [3.8, 4) is 5.69 Å². The van der Waals surface area contributed by atoms with Gasteiger partial charge in [0, 0.05) is 23.2 Å². The number of aliphatic imine (C=N–C) groups is 1. The van der Waals surface area contributed by atoms with E-state index in [9.17, 15) is 13.2 Å². The number of nitrogens with zero attached hydrogens (tertiary/aromatic N) is 4. The Labute approximate surface area is 176 Å². The second-order valence-electron chi connectivity index (χ2n) is 6.57. The van der Waals surface area contributed by atoms with Gasteiger partial charge in [-0.05, 0) is 32.9 Å². The highest BCUT2D eigenvalue weighted by atomic mass is 32.1. The van der Waals surface area contributed by atoms with Crippen LogP contribution in [0.25, 0.3) is 5.69 Å². The maximum absolute atomic E-state index is 12.7. The molecule has 1 aromatic carbocycles. The van der Waals surface area contributed by atoms with Crippen molar-refractivity contribution in [2.24, 2.45) is 4.99 Å². The molecule has 30 heavy (non-hydrogen) atoms. The highest BCUT2D eigenvalue weighted by Gasteiger charge is 2.33. The summed E-state index contributed by atoms with van der Waals surface area (Å²) >= 11 is 0.967. The molecule has 0 aliphatic heterocycles. The van der Waals surface area contributed by atoms with Gasteiger partial charge in [-0.15, -0.1) is 11.3 Å². The van der Waals surface area contributed by atoms with E-state index in [1.54, 1.807) is 0 Å². The fourth-order valence-corrected chi connectivity index (χ4v) is 3.65. The van der Waals surface area contributed by atoms with Gasteiger partial charge in [-0.2, -0.15) is 18.3 Å². The molecular weight excluding hydrogens is 413 g/mol. The number of para-hydroxylation sites is 1. The van der Waals surface area contributed by atoms with E-state index in [0.29, 0.717) is 24.1 Å². The van der Waals surface area contributed by atoms with Gasteiger partial charge in [-0.25, -0.2) is 14.7 Å². The number of hydrogen-bond donors (Lipinski definition) is 2. The van der Waals surface area contributed by atoms with Crippen molar-refractivity contribution < 1.29 is 13.2 Å². The molecule has 3 rings (SSSR count). The first-order valence-corrected chi connectivity index (χ1v) is 10.3. The summed E-state index contributed by atoms with van der Waals surface area (Å²) in [5.74, 6) is 0.507. The summed E-state index contributed by atoms with van der Waals surface area (Å²) in [7, 11) is 0. The molecule has 0 saturated carbocycles. The van der Waals surface area contributed by atoms with Gasteiger partial charge in [0.25, 0.3) is 0 Å². The van der Waals surface area contributed by atoms with Crippen molar-refractivity contribution in [1.29, 1.82) is 0 Å². The van der Waals surface area contributed by atoms with Gasteiger partial charge in [-0.3, -0.25) is 0 Å². The largest absolute Gasteiger partial charge is 0.434 e. The Kier molecular flexibility index (Phi) is 6.76. The van der Waals surface area contributed by atoms with Crippen LogP contribution in [0.5, 0.6) is 0 Å². The first-order chi connectivity index (χ1) is 14.3. The third-order valence-corrected chi connectivity index (χ3v) is 5.28. The second-order valence-corrected chi connectivity index (χ2v) is 7.51. The molecule has 0 aliphatic rings. The third kappa shape index (κ3) is 5.18. The molecule has 0 bridgehead atoms. The summed E-state index contributed by atoms with van der Waals surface area (Å²) in [4.78, 5) is 8.21. The normalized spacial score (nSPS) is 12.3. The zero-order chi connectivity index (χ0) is 21.7. The van der Waals surface area contributed by atoms with Crippen LogP contribution in [0.4, 0.5) is 13.2 Å². The molecule has 0 fully saturated rings. The molecule has 0 amide bonds. The lowest BCUT2D eigenvalue weighted by Crippen LogP contribution is -2.36. The highest BCUT2D eigenvalue weighted by Crippen LogP contribution is 2.29. The van der Waals surface area contributed by atoms with E-state index in [1.807, 2.05) is 55.8 Å². The first kappa shape index (κ1) is 21.8. The van der Waals surface area contributed by atoms with Crippen LogP contribution in [0, 0.1) is 13.8 Å². The van der Waals surface area contributed by atoms with E-state index in [-0.39, 0.29) is 6.54 Å². The van der Waals surface area contributed by atoms with Gasteiger partial charge in [0.2, 0.25) is 0 Å². The zero-order valence-electron chi connectivity index (χ0n) is 16.9. The van der Waals surface area contributed by atoms with Crippen LogP contribution in [0.3, 0.4) is 0 Å².